The van der Waals surface area contributed by atoms with Crippen LogP contribution in [0, 0.1) is 0 Å². The molecule has 3 heterocycles. The Morgan fingerprint density at radius 3 is 2.59 bits per heavy atom. The van der Waals surface area contributed by atoms with Crippen molar-refractivity contribution in [3.63, 3.8) is 0 Å². The summed E-state index contributed by atoms with van der Waals surface area (Å²) in [6.45, 7) is 1.43. The van der Waals surface area contributed by atoms with E-state index in [1.807, 2.05) is 11.4 Å². The Labute approximate surface area is 159 Å². The van der Waals surface area contributed by atoms with E-state index in [0.717, 1.165) is 10.2 Å². The summed E-state index contributed by atoms with van der Waals surface area (Å²) in [6, 6.07) is 7.72. The fourth-order valence-corrected chi connectivity index (χ4v) is 4.92. The molecule has 140 valence electrons. The summed E-state index contributed by atoms with van der Waals surface area (Å²) in [7, 11) is -3.58. The van der Waals surface area contributed by atoms with E-state index in [1.54, 1.807) is 0 Å². The van der Waals surface area contributed by atoms with E-state index in [-0.39, 0.29) is 10.8 Å². The van der Waals surface area contributed by atoms with Crippen LogP contribution in [0.5, 0.6) is 0 Å². The number of nitrogens with zero attached hydrogens (tertiary/aromatic N) is 3. The number of fused-ring (bicyclic) bond motifs is 1. The minimum Gasteiger partial charge on any atom is -0.379 e. The maximum absolute atomic E-state index is 12.6. The third kappa shape index (κ3) is 3.56. The van der Waals surface area contributed by atoms with Crippen LogP contribution in [0.4, 0.5) is 5.82 Å². The number of thiophene rings is 1. The first kappa shape index (κ1) is 18.0. The number of morpholine rings is 1. The van der Waals surface area contributed by atoms with Crippen LogP contribution in [0.1, 0.15) is 10.4 Å². The molecule has 1 aliphatic heterocycles. The maximum Gasteiger partial charge on any atom is 0.256 e. The highest BCUT2D eigenvalue weighted by Gasteiger charge is 2.26. The summed E-state index contributed by atoms with van der Waals surface area (Å²) in [6.07, 6.45) is 1.40. The number of benzene rings is 1. The number of rotatable bonds is 4. The first-order chi connectivity index (χ1) is 13.1. The summed E-state index contributed by atoms with van der Waals surface area (Å²) >= 11 is 1.46. The van der Waals surface area contributed by atoms with Crippen LogP contribution in [0.2, 0.25) is 0 Å². The summed E-state index contributed by atoms with van der Waals surface area (Å²) in [5.41, 5.74) is 0.345. The van der Waals surface area contributed by atoms with Crippen molar-refractivity contribution >= 4 is 43.3 Å². The molecule has 1 aliphatic rings. The molecule has 27 heavy (non-hydrogen) atoms. The SMILES string of the molecule is O=C(Nc1ncnc2sccc12)c1ccc(S(=O)(=O)N2CCOCC2)cc1. The van der Waals surface area contributed by atoms with Crippen molar-refractivity contribution in [3.05, 3.63) is 47.6 Å². The van der Waals surface area contributed by atoms with Gasteiger partial charge in [-0.05, 0) is 35.7 Å². The molecule has 0 spiro atoms. The van der Waals surface area contributed by atoms with Gasteiger partial charge in [-0.15, -0.1) is 11.3 Å². The molecule has 8 nitrogen and oxygen atoms in total. The highest BCUT2D eigenvalue weighted by Crippen LogP contribution is 2.24. The van der Waals surface area contributed by atoms with Gasteiger partial charge in [-0.3, -0.25) is 4.79 Å². The van der Waals surface area contributed by atoms with Gasteiger partial charge in [0.15, 0.2) is 0 Å². The molecule has 1 saturated heterocycles. The number of aromatic nitrogens is 2. The van der Waals surface area contributed by atoms with E-state index in [2.05, 4.69) is 15.3 Å². The molecule has 0 saturated carbocycles. The third-order valence-electron chi connectivity index (χ3n) is 4.22. The second-order valence-electron chi connectivity index (χ2n) is 5.86. The van der Waals surface area contributed by atoms with Crippen LogP contribution in [-0.2, 0) is 14.8 Å². The second kappa shape index (κ2) is 7.31. The molecule has 1 fully saturated rings. The zero-order valence-electron chi connectivity index (χ0n) is 14.2. The lowest BCUT2D eigenvalue weighted by Crippen LogP contribution is -2.40. The molecule has 4 rings (SSSR count). The molecule has 3 aromatic rings. The van der Waals surface area contributed by atoms with Crippen LogP contribution < -0.4 is 5.32 Å². The topological polar surface area (TPSA) is 101 Å². The lowest BCUT2D eigenvalue weighted by molar-refractivity contribution is 0.0730. The largest absolute Gasteiger partial charge is 0.379 e. The Hall–Kier alpha value is -2.40. The lowest BCUT2D eigenvalue weighted by Gasteiger charge is -2.26. The van der Waals surface area contributed by atoms with Gasteiger partial charge in [-0.2, -0.15) is 4.31 Å². The number of hydrogen-bond donors (Lipinski definition) is 1. The zero-order chi connectivity index (χ0) is 18.9. The lowest BCUT2D eigenvalue weighted by atomic mass is 10.2. The molecule has 0 radical (unpaired) electrons. The van der Waals surface area contributed by atoms with Crippen molar-refractivity contribution in [1.29, 1.82) is 0 Å². The van der Waals surface area contributed by atoms with E-state index in [1.165, 1.54) is 46.2 Å². The van der Waals surface area contributed by atoms with Crippen molar-refractivity contribution in [2.75, 3.05) is 31.6 Å². The minimum absolute atomic E-state index is 0.156. The summed E-state index contributed by atoms with van der Waals surface area (Å²) in [4.78, 5) is 21.7. The molecule has 0 unspecified atom stereocenters. The molecule has 0 atom stereocenters. The maximum atomic E-state index is 12.6. The van der Waals surface area contributed by atoms with Crippen molar-refractivity contribution in [3.8, 4) is 0 Å². The molecule has 10 heteroatoms. The molecule has 1 aromatic carbocycles. The van der Waals surface area contributed by atoms with Crippen LogP contribution in [0.3, 0.4) is 0 Å². The van der Waals surface area contributed by atoms with Crippen LogP contribution in [0.25, 0.3) is 10.2 Å². The summed E-state index contributed by atoms with van der Waals surface area (Å²) < 4.78 is 31.8. The fraction of sp³-hybridized carbons (Fsp3) is 0.235. The molecule has 0 bridgehead atoms. The minimum atomic E-state index is -3.58. The Balaban J connectivity index is 1.53. The van der Waals surface area contributed by atoms with E-state index < -0.39 is 10.0 Å². The van der Waals surface area contributed by atoms with Gasteiger partial charge in [0.05, 0.1) is 23.5 Å². The molecule has 1 amide bonds. The molecule has 2 aromatic heterocycles. The molecule has 1 N–H and O–H groups in total. The van der Waals surface area contributed by atoms with E-state index in [9.17, 15) is 13.2 Å². The van der Waals surface area contributed by atoms with Gasteiger partial charge in [0, 0.05) is 18.7 Å². The van der Waals surface area contributed by atoms with Gasteiger partial charge in [-0.25, -0.2) is 18.4 Å². The van der Waals surface area contributed by atoms with Crippen molar-refractivity contribution in [2.24, 2.45) is 0 Å². The number of carbonyl (C=O) groups is 1. The number of hydrogen-bond acceptors (Lipinski definition) is 7. The van der Waals surface area contributed by atoms with Gasteiger partial charge < -0.3 is 10.1 Å². The number of anilines is 1. The summed E-state index contributed by atoms with van der Waals surface area (Å²) in [5, 5.41) is 5.39. The predicted molar refractivity (Wildman–Crippen MR) is 101 cm³/mol. The fourth-order valence-electron chi connectivity index (χ4n) is 2.78. The standard InChI is InChI=1S/C17H16N4O4S2/c22-16(20-15-14-5-10-26-17(14)19-11-18-15)12-1-3-13(4-2-12)27(23,24)21-6-8-25-9-7-21/h1-5,10-11H,6-9H2,(H,18,19,20,22). The van der Waals surface area contributed by atoms with Gasteiger partial charge in [0.1, 0.15) is 17.0 Å². The quantitative estimate of drug-likeness (QED) is 0.713. The Bertz CT molecular complexity index is 1070. The highest BCUT2D eigenvalue weighted by atomic mass is 32.2. The van der Waals surface area contributed by atoms with Crippen LogP contribution >= 0.6 is 11.3 Å². The second-order valence-corrected chi connectivity index (χ2v) is 8.69. The monoisotopic (exact) mass is 404 g/mol. The number of nitrogens with one attached hydrogen (secondary N) is 1. The van der Waals surface area contributed by atoms with E-state index >= 15 is 0 Å². The first-order valence-corrected chi connectivity index (χ1v) is 10.6. The van der Waals surface area contributed by atoms with Crippen molar-refractivity contribution in [2.45, 2.75) is 4.90 Å². The molecule has 0 aliphatic carbocycles. The smallest absolute Gasteiger partial charge is 0.256 e. The molecular formula is C17H16N4O4S2. The predicted octanol–water partition coefficient (Wildman–Crippen LogP) is 1.96. The van der Waals surface area contributed by atoms with Gasteiger partial charge in [0.2, 0.25) is 10.0 Å². The highest BCUT2D eigenvalue weighted by molar-refractivity contribution is 7.89. The number of sulfonamides is 1. The Kier molecular flexibility index (Phi) is 4.87. The van der Waals surface area contributed by atoms with Gasteiger partial charge in [0.25, 0.3) is 5.91 Å². The zero-order valence-corrected chi connectivity index (χ0v) is 15.8. The first-order valence-electron chi connectivity index (χ1n) is 8.23. The van der Waals surface area contributed by atoms with Crippen LogP contribution in [-0.4, -0.2) is 54.9 Å². The Morgan fingerprint density at radius 2 is 1.85 bits per heavy atom. The van der Waals surface area contributed by atoms with E-state index in [0.29, 0.717) is 37.7 Å². The molecular weight excluding hydrogens is 388 g/mol. The van der Waals surface area contributed by atoms with Crippen LogP contribution in [0.15, 0.2) is 46.9 Å². The number of amides is 1. The van der Waals surface area contributed by atoms with E-state index in [4.69, 9.17) is 4.74 Å². The van der Waals surface area contributed by atoms with Gasteiger partial charge in [-0.1, -0.05) is 0 Å². The van der Waals surface area contributed by atoms with Crippen molar-refractivity contribution < 1.29 is 17.9 Å². The van der Waals surface area contributed by atoms with Gasteiger partial charge >= 0.3 is 0 Å². The number of carbonyl (C=O) groups excluding carboxylic acids is 1. The number of ether oxygens (including phenoxy) is 1. The Morgan fingerprint density at radius 1 is 1.11 bits per heavy atom. The third-order valence-corrected chi connectivity index (χ3v) is 6.95. The average Bonchev–Trinajstić information content (AvgIpc) is 3.19. The van der Waals surface area contributed by atoms with Crippen molar-refractivity contribution in [1.82, 2.24) is 14.3 Å². The normalized spacial score (nSPS) is 15.7. The average molecular weight is 404 g/mol. The summed E-state index contributed by atoms with van der Waals surface area (Å²) in [5.74, 6) is 0.0628.